The number of sulfone groups is 1. The number of nitrogens with one attached hydrogen (secondary N) is 2. The molecule has 2 N–H and O–H groups in total. The van der Waals surface area contributed by atoms with E-state index in [2.05, 4.69) is 10.6 Å². The zero-order valence-corrected chi connectivity index (χ0v) is 12.8. The van der Waals surface area contributed by atoms with E-state index in [9.17, 15) is 13.2 Å². The largest absolute Gasteiger partial charge is 0.495 e. The third-order valence-electron chi connectivity index (χ3n) is 3.49. The standard InChI is InChI=1S/C14H20N2O4S/c1-20-13-5-3-2-4-12(13)16-14(17)10-15-11-6-8-21(18,19)9-7-11/h2-5,11,15H,6-10H2,1H3,(H,16,17). The van der Waals surface area contributed by atoms with Crippen LogP contribution in [-0.2, 0) is 14.6 Å². The van der Waals surface area contributed by atoms with Crippen LogP contribution in [0.5, 0.6) is 5.75 Å². The van der Waals surface area contributed by atoms with Gasteiger partial charge < -0.3 is 15.4 Å². The first kappa shape index (κ1) is 15.8. The van der Waals surface area contributed by atoms with Crippen LogP contribution in [0.15, 0.2) is 24.3 Å². The average Bonchev–Trinajstić information content (AvgIpc) is 2.47. The molecule has 0 atom stereocenters. The Morgan fingerprint density at radius 3 is 2.62 bits per heavy atom. The minimum atomic E-state index is -2.87. The average molecular weight is 312 g/mol. The number of hydrogen-bond acceptors (Lipinski definition) is 5. The number of ether oxygens (including phenoxy) is 1. The van der Waals surface area contributed by atoms with Gasteiger partial charge in [0.05, 0.1) is 30.8 Å². The second-order valence-corrected chi connectivity index (χ2v) is 7.36. The van der Waals surface area contributed by atoms with E-state index in [0.29, 0.717) is 24.3 Å². The van der Waals surface area contributed by atoms with Crippen LogP contribution in [0.2, 0.25) is 0 Å². The summed E-state index contributed by atoms with van der Waals surface area (Å²) in [6.07, 6.45) is 1.12. The van der Waals surface area contributed by atoms with Gasteiger partial charge in [-0.1, -0.05) is 12.1 Å². The van der Waals surface area contributed by atoms with Gasteiger partial charge in [0.25, 0.3) is 0 Å². The highest BCUT2D eigenvalue weighted by Crippen LogP contribution is 2.22. The van der Waals surface area contributed by atoms with Crippen LogP contribution in [-0.4, -0.2) is 45.5 Å². The lowest BCUT2D eigenvalue weighted by atomic mass is 10.1. The first-order valence-electron chi connectivity index (χ1n) is 6.87. The highest BCUT2D eigenvalue weighted by Gasteiger charge is 2.23. The second kappa shape index (κ2) is 6.91. The molecule has 1 aliphatic rings. The van der Waals surface area contributed by atoms with Crippen LogP contribution in [0.4, 0.5) is 5.69 Å². The van der Waals surface area contributed by atoms with E-state index in [1.54, 1.807) is 19.2 Å². The van der Waals surface area contributed by atoms with E-state index in [1.807, 2.05) is 12.1 Å². The summed E-state index contributed by atoms with van der Waals surface area (Å²) in [5.41, 5.74) is 0.623. The second-order valence-electron chi connectivity index (χ2n) is 5.06. The highest BCUT2D eigenvalue weighted by molar-refractivity contribution is 7.91. The molecule has 7 heteroatoms. The molecule has 1 fully saturated rings. The smallest absolute Gasteiger partial charge is 0.238 e. The fraction of sp³-hybridized carbons (Fsp3) is 0.500. The number of hydrogen-bond donors (Lipinski definition) is 2. The van der Waals surface area contributed by atoms with Crippen LogP contribution in [0.3, 0.4) is 0 Å². The van der Waals surface area contributed by atoms with Gasteiger partial charge >= 0.3 is 0 Å². The first-order valence-corrected chi connectivity index (χ1v) is 8.69. The fourth-order valence-corrected chi connectivity index (χ4v) is 3.76. The van der Waals surface area contributed by atoms with Crippen LogP contribution < -0.4 is 15.4 Å². The van der Waals surface area contributed by atoms with Crippen LogP contribution >= 0.6 is 0 Å². The molecule has 6 nitrogen and oxygen atoms in total. The molecule has 0 spiro atoms. The van der Waals surface area contributed by atoms with Crippen molar-refractivity contribution in [2.45, 2.75) is 18.9 Å². The number of anilines is 1. The predicted octanol–water partition coefficient (Wildman–Crippen LogP) is 0.800. The molecule has 1 aliphatic heterocycles. The molecule has 21 heavy (non-hydrogen) atoms. The van der Waals surface area contributed by atoms with E-state index in [-0.39, 0.29) is 30.0 Å². The number of methoxy groups -OCH3 is 1. The van der Waals surface area contributed by atoms with Gasteiger partial charge in [-0.3, -0.25) is 4.79 Å². The summed E-state index contributed by atoms with van der Waals surface area (Å²) in [5, 5.41) is 5.87. The van der Waals surface area contributed by atoms with Gasteiger partial charge in [0.2, 0.25) is 5.91 Å². The van der Waals surface area contributed by atoms with E-state index in [1.165, 1.54) is 0 Å². The summed E-state index contributed by atoms with van der Waals surface area (Å²) in [6, 6.07) is 7.27. The quantitative estimate of drug-likeness (QED) is 0.840. The number of carbonyl (C=O) groups is 1. The molecule has 1 saturated heterocycles. The summed E-state index contributed by atoms with van der Waals surface area (Å²) >= 11 is 0. The summed E-state index contributed by atoms with van der Waals surface area (Å²) in [6.45, 7) is 0.156. The Balaban J connectivity index is 1.80. The van der Waals surface area contributed by atoms with Crippen LogP contribution in [0, 0.1) is 0 Å². The lowest BCUT2D eigenvalue weighted by Gasteiger charge is -2.22. The van der Waals surface area contributed by atoms with Crippen molar-refractivity contribution in [1.29, 1.82) is 0 Å². The van der Waals surface area contributed by atoms with Gasteiger partial charge in [0.1, 0.15) is 15.6 Å². The normalized spacial score (nSPS) is 18.1. The Hall–Kier alpha value is -1.60. The van der Waals surface area contributed by atoms with Crippen molar-refractivity contribution < 1.29 is 17.9 Å². The molecule has 0 aromatic heterocycles. The van der Waals surface area contributed by atoms with E-state index in [4.69, 9.17) is 4.74 Å². The van der Waals surface area contributed by atoms with Crippen LogP contribution in [0.1, 0.15) is 12.8 Å². The Bertz CT molecular complexity index is 587. The molecule has 2 rings (SSSR count). The topological polar surface area (TPSA) is 84.5 Å². The molecule has 0 radical (unpaired) electrons. The van der Waals surface area contributed by atoms with Crippen molar-refractivity contribution in [1.82, 2.24) is 5.32 Å². The van der Waals surface area contributed by atoms with Crippen LogP contribution in [0.25, 0.3) is 0 Å². The number of benzene rings is 1. The third-order valence-corrected chi connectivity index (χ3v) is 5.20. The van der Waals surface area contributed by atoms with Crippen molar-refractivity contribution >= 4 is 21.4 Å². The minimum Gasteiger partial charge on any atom is -0.495 e. The number of amides is 1. The minimum absolute atomic E-state index is 0.0805. The van der Waals surface area contributed by atoms with Gasteiger partial charge in [-0.25, -0.2) is 8.42 Å². The van der Waals surface area contributed by atoms with E-state index in [0.717, 1.165) is 0 Å². The maximum Gasteiger partial charge on any atom is 0.238 e. The summed E-state index contributed by atoms with van der Waals surface area (Å²) < 4.78 is 27.8. The van der Waals surface area contributed by atoms with Crippen molar-refractivity contribution in [3.8, 4) is 5.75 Å². The zero-order chi connectivity index (χ0) is 15.3. The Morgan fingerprint density at radius 2 is 1.95 bits per heavy atom. The van der Waals surface area contributed by atoms with Gasteiger partial charge in [-0.05, 0) is 25.0 Å². The molecule has 1 aromatic carbocycles. The third kappa shape index (κ3) is 4.71. The molecule has 1 heterocycles. The first-order chi connectivity index (χ1) is 10.00. The molecule has 1 amide bonds. The number of carbonyl (C=O) groups excluding carboxylic acids is 1. The van der Waals surface area contributed by atoms with Crippen molar-refractivity contribution in [3.05, 3.63) is 24.3 Å². The lowest BCUT2D eigenvalue weighted by Crippen LogP contribution is -2.41. The molecule has 0 aliphatic carbocycles. The van der Waals surface area contributed by atoms with Gasteiger partial charge in [0.15, 0.2) is 0 Å². The van der Waals surface area contributed by atoms with Gasteiger partial charge in [-0.15, -0.1) is 0 Å². The van der Waals surface area contributed by atoms with E-state index >= 15 is 0 Å². The zero-order valence-electron chi connectivity index (χ0n) is 12.0. The molecule has 0 saturated carbocycles. The lowest BCUT2D eigenvalue weighted by molar-refractivity contribution is -0.115. The van der Waals surface area contributed by atoms with Crippen molar-refractivity contribution in [2.75, 3.05) is 30.5 Å². The monoisotopic (exact) mass is 312 g/mol. The number of rotatable bonds is 5. The predicted molar refractivity (Wildman–Crippen MR) is 81.3 cm³/mol. The molecular formula is C14H20N2O4S. The maximum absolute atomic E-state index is 11.9. The fourth-order valence-electron chi connectivity index (χ4n) is 2.27. The Labute approximate surface area is 124 Å². The Morgan fingerprint density at radius 1 is 1.29 bits per heavy atom. The van der Waals surface area contributed by atoms with Crippen molar-refractivity contribution in [2.24, 2.45) is 0 Å². The molecule has 116 valence electrons. The Kier molecular flexibility index (Phi) is 5.19. The highest BCUT2D eigenvalue weighted by atomic mass is 32.2. The molecule has 0 unspecified atom stereocenters. The SMILES string of the molecule is COc1ccccc1NC(=O)CNC1CCS(=O)(=O)CC1. The van der Waals surface area contributed by atoms with Gasteiger partial charge in [-0.2, -0.15) is 0 Å². The van der Waals surface area contributed by atoms with Crippen molar-refractivity contribution in [3.63, 3.8) is 0 Å². The number of para-hydroxylation sites is 2. The summed E-state index contributed by atoms with van der Waals surface area (Å²) in [4.78, 5) is 11.9. The van der Waals surface area contributed by atoms with Gasteiger partial charge in [0, 0.05) is 6.04 Å². The summed E-state index contributed by atoms with van der Waals surface area (Å²) in [5.74, 6) is 0.819. The maximum atomic E-state index is 11.9. The summed E-state index contributed by atoms with van der Waals surface area (Å²) in [7, 11) is -1.32. The molecule has 0 bridgehead atoms. The molecular weight excluding hydrogens is 292 g/mol. The molecule has 1 aromatic rings. The van der Waals surface area contributed by atoms with E-state index < -0.39 is 9.84 Å².